The molecule has 0 bridgehead atoms. The van der Waals surface area contributed by atoms with Crippen LogP contribution in [0.3, 0.4) is 0 Å². The summed E-state index contributed by atoms with van der Waals surface area (Å²) in [5, 5.41) is 0. The van der Waals surface area contributed by atoms with Gasteiger partial charge in [0.25, 0.3) is 0 Å². The van der Waals surface area contributed by atoms with Gasteiger partial charge in [0, 0.05) is 12.7 Å². The number of anilines is 1. The van der Waals surface area contributed by atoms with Crippen molar-refractivity contribution < 1.29 is 14.3 Å². The number of methoxy groups -OCH3 is 1. The maximum Gasteiger partial charge on any atom is 0.325 e. The molecule has 0 radical (unpaired) electrons. The third-order valence-electron chi connectivity index (χ3n) is 3.11. The predicted octanol–water partition coefficient (Wildman–Crippen LogP) is 1.18. The smallest absolute Gasteiger partial charge is 0.325 e. The standard InChI is InChI=1S/C14H20N2O3/c1-14(2,10-5-7-11(15)8-6-10)13(18)16(3)9-12(17)19-4/h5-8H,9,15H2,1-4H3. The number of hydrogen-bond donors (Lipinski definition) is 1. The van der Waals surface area contributed by atoms with Crippen molar-refractivity contribution in [3.63, 3.8) is 0 Å². The summed E-state index contributed by atoms with van der Waals surface area (Å²) in [5.74, 6) is -0.591. The van der Waals surface area contributed by atoms with Crippen LogP contribution in [0.5, 0.6) is 0 Å². The number of nitrogens with two attached hydrogens (primary N) is 1. The zero-order chi connectivity index (χ0) is 14.6. The van der Waals surface area contributed by atoms with Gasteiger partial charge in [0.2, 0.25) is 5.91 Å². The highest BCUT2D eigenvalue weighted by molar-refractivity contribution is 5.89. The lowest BCUT2D eigenvalue weighted by atomic mass is 9.83. The molecule has 2 N–H and O–H groups in total. The lowest BCUT2D eigenvalue weighted by Gasteiger charge is -2.29. The Hall–Kier alpha value is -2.04. The molecule has 1 aromatic carbocycles. The number of nitrogen functional groups attached to an aromatic ring is 1. The minimum atomic E-state index is -0.726. The van der Waals surface area contributed by atoms with Crippen molar-refractivity contribution in [1.29, 1.82) is 0 Å². The fourth-order valence-electron chi connectivity index (χ4n) is 1.83. The first-order valence-electron chi connectivity index (χ1n) is 5.97. The van der Waals surface area contributed by atoms with Gasteiger partial charge in [-0.1, -0.05) is 12.1 Å². The van der Waals surface area contributed by atoms with Crippen LogP contribution in [-0.4, -0.2) is 37.5 Å². The zero-order valence-corrected chi connectivity index (χ0v) is 11.8. The molecular weight excluding hydrogens is 244 g/mol. The van der Waals surface area contributed by atoms with Gasteiger partial charge in [0.15, 0.2) is 0 Å². The first-order chi connectivity index (χ1) is 8.78. The second-order valence-electron chi connectivity index (χ2n) is 4.98. The van der Waals surface area contributed by atoms with Crippen molar-refractivity contribution in [2.75, 3.05) is 26.4 Å². The number of likely N-dealkylation sites (N-methyl/N-ethyl adjacent to an activating group) is 1. The van der Waals surface area contributed by atoms with Crippen molar-refractivity contribution in [2.45, 2.75) is 19.3 Å². The molecule has 0 aliphatic heterocycles. The number of amides is 1. The van der Waals surface area contributed by atoms with Gasteiger partial charge in [-0.05, 0) is 31.5 Å². The van der Waals surface area contributed by atoms with Crippen LogP contribution in [-0.2, 0) is 19.7 Å². The second kappa shape index (κ2) is 5.73. The van der Waals surface area contributed by atoms with E-state index >= 15 is 0 Å². The molecule has 0 saturated heterocycles. The number of rotatable bonds is 4. The van der Waals surface area contributed by atoms with Gasteiger partial charge >= 0.3 is 5.97 Å². The van der Waals surface area contributed by atoms with Crippen molar-refractivity contribution in [2.24, 2.45) is 0 Å². The van der Waals surface area contributed by atoms with Gasteiger partial charge in [-0.2, -0.15) is 0 Å². The van der Waals surface area contributed by atoms with Crippen molar-refractivity contribution in [3.8, 4) is 0 Å². The van der Waals surface area contributed by atoms with Crippen LogP contribution in [0.15, 0.2) is 24.3 Å². The number of ether oxygens (including phenoxy) is 1. The number of hydrogen-bond acceptors (Lipinski definition) is 4. The maximum absolute atomic E-state index is 12.4. The van der Waals surface area contributed by atoms with Gasteiger partial charge in [0.1, 0.15) is 6.54 Å². The minimum Gasteiger partial charge on any atom is -0.468 e. The van der Waals surface area contributed by atoms with Gasteiger partial charge in [0.05, 0.1) is 12.5 Å². The molecule has 0 aliphatic carbocycles. The third-order valence-corrected chi connectivity index (χ3v) is 3.11. The first-order valence-corrected chi connectivity index (χ1v) is 5.97. The van der Waals surface area contributed by atoms with Gasteiger partial charge in [-0.25, -0.2) is 0 Å². The molecular formula is C14H20N2O3. The van der Waals surface area contributed by atoms with Crippen LogP contribution in [0.25, 0.3) is 0 Å². The maximum atomic E-state index is 12.4. The topological polar surface area (TPSA) is 72.6 Å². The van der Waals surface area contributed by atoms with E-state index in [-0.39, 0.29) is 12.5 Å². The Morgan fingerprint density at radius 3 is 2.26 bits per heavy atom. The molecule has 0 aliphatic rings. The lowest BCUT2D eigenvalue weighted by molar-refractivity contribution is -0.147. The molecule has 0 heterocycles. The quantitative estimate of drug-likeness (QED) is 0.654. The molecule has 0 spiro atoms. The summed E-state index contributed by atoms with van der Waals surface area (Å²) in [7, 11) is 2.88. The highest BCUT2D eigenvalue weighted by Crippen LogP contribution is 2.26. The summed E-state index contributed by atoms with van der Waals surface area (Å²) in [6, 6.07) is 7.15. The van der Waals surface area contributed by atoms with Crippen molar-refractivity contribution >= 4 is 17.6 Å². The number of benzene rings is 1. The van der Waals surface area contributed by atoms with Crippen LogP contribution in [0.2, 0.25) is 0 Å². The van der Waals surface area contributed by atoms with Crippen LogP contribution in [0.4, 0.5) is 5.69 Å². The number of esters is 1. The highest BCUT2D eigenvalue weighted by Gasteiger charge is 2.33. The second-order valence-corrected chi connectivity index (χ2v) is 4.98. The van der Waals surface area contributed by atoms with Gasteiger partial charge in [-0.3, -0.25) is 9.59 Å². The monoisotopic (exact) mass is 264 g/mol. The molecule has 1 amide bonds. The van der Waals surface area contributed by atoms with E-state index in [1.807, 2.05) is 26.0 Å². The van der Waals surface area contributed by atoms with E-state index in [4.69, 9.17) is 5.73 Å². The average molecular weight is 264 g/mol. The van der Waals surface area contributed by atoms with E-state index in [1.165, 1.54) is 12.0 Å². The minimum absolute atomic E-state index is 0.0618. The number of nitrogens with zero attached hydrogens (tertiary/aromatic N) is 1. The normalized spacial score (nSPS) is 10.9. The van der Waals surface area contributed by atoms with Crippen LogP contribution >= 0.6 is 0 Å². The first kappa shape index (κ1) is 15.0. The number of carbonyl (C=O) groups is 2. The van der Waals surface area contributed by atoms with E-state index in [0.717, 1.165) is 5.56 Å². The fourth-order valence-corrected chi connectivity index (χ4v) is 1.83. The Balaban J connectivity index is 2.89. The Labute approximate surface area is 113 Å². The van der Waals surface area contributed by atoms with E-state index in [1.54, 1.807) is 19.2 Å². The molecule has 1 aromatic rings. The Bertz CT molecular complexity index is 466. The molecule has 0 saturated carbocycles. The predicted molar refractivity (Wildman–Crippen MR) is 73.5 cm³/mol. The fraction of sp³-hybridized carbons (Fsp3) is 0.429. The largest absolute Gasteiger partial charge is 0.468 e. The summed E-state index contributed by atoms with van der Waals surface area (Å²) in [4.78, 5) is 25.0. The molecule has 0 unspecified atom stereocenters. The van der Waals surface area contributed by atoms with E-state index in [0.29, 0.717) is 5.69 Å². The van der Waals surface area contributed by atoms with Crippen molar-refractivity contribution in [1.82, 2.24) is 4.90 Å². The van der Waals surface area contributed by atoms with E-state index in [9.17, 15) is 9.59 Å². The SMILES string of the molecule is COC(=O)CN(C)C(=O)C(C)(C)c1ccc(N)cc1. The molecule has 0 aromatic heterocycles. The summed E-state index contributed by atoms with van der Waals surface area (Å²) >= 11 is 0. The molecule has 0 atom stereocenters. The van der Waals surface area contributed by atoms with E-state index < -0.39 is 11.4 Å². The Morgan fingerprint density at radius 2 is 1.79 bits per heavy atom. The zero-order valence-electron chi connectivity index (χ0n) is 11.8. The Kier molecular flexibility index (Phi) is 4.53. The summed E-state index contributed by atoms with van der Waals surface area (Å²) in [6.07, 6.45) is 0. The third kappa shape index (κ3) is 3.47. The molecule has 0 fully saturated rings. The van der Waals surface area contributed by atoms with Crippen LogP contribution in [0.1, 0.15) is 19.4 Å². The molecule has 1 rings (SSSR count). The van der Waals surface area contributed by atoms with E-state index in [2.05, 4.69) is 4.74 Å². The molecule has 5 nitrogen and oxygen atoms in total. The summed E-state index contributed by atoms with van der Waals surface area (Å²) < 4.78 is 4.56. The number of carbonyl (C=O) groups excluding carboxylic acids is 2. The van der Waals surface area contributed by atoms with Crippen molar-refractivity contribution in [3.05, 3.63) is 29.8 Å². The molecule has 5 heteroatoms. The summed E-state index contributed by atoms with van der Waals surface area (Å²) in [5.41, 5.74) is 6.41. The van der Waals surface area contributed by atoms with Gasteiger partial charge in [-0.15, -0.1) is 0 Å². The Morgan fingerprint density at radius 1 is 1.26 bits per heavy atom. The lowest BCUT2D eigenvalue weighted by Crippen LogP contribution is -2.43. The molecule has 19 heavy (non-hydrogen) atoms. The average Bonchev–Trinajstić information content (AvgIpc) is 2.38. The molecule has 104 valence electrons. The highest BCUT2D eigenvalue weighted by atomic mass is 16.5. The van der Waals surface area contributed by atoms with Gasteiger partial charge < -0.3 is 15.4 Å². The van der Waals surface area contributed by atoms with Crippen LogP contribution in [0, 0.1) is 0 Å². The summed E-state index contributed by atoms with van der Waals surface area (Å²) in [6.45, 7) is 3.57. The van der Waals surface area contributed by atoms with Crippen LogP contribution < -0.4 is 5.73 Å².